The second-order valence-corrected chi connectivity index (χ2v) is 4.36. The number of halogens is 1. The molecular formula is C11H14BrNO3. The predicted molar refractivity (Wildman–Crippen MR) is 64.7 cm³/mol. The molecule has 1 aromatic carbocycles. The van der Waals surface area contributed by atoms with E-state index in [1.165, 1.54) is 0 Å². The van der Waals surface area contributed by atoms with Crippen molar-refractivity contribution in [3.05, 3.63) is 27.2 Å². The van der Waals surface area contributed by atoms with Gasteiger partial charge >= 0.3 is 5.97 Å². The third kappa shape index (κ3) is 2.20. The molecule has 0 bridgehead atoms. The third-order valence-electron chi connectivity index (χ3n) is 2.52. The van der Waals surface area contributed by atoms with Crippen LogP contribution in [0.5, 0.6) is 5.75 Å². The molecule has 5 heteroatoms. The van der Waals surface area contributed by atoms with Crippen molar-refractivity contribution in [3.63, 3.8) is 0 Å². The molecule has 1 unspecified atom stereocenters. The fourth-order valence-electron chi connectivity index (χ4n) is 1.69. The van der Waals surface area contributed by atoms with Gasteiger partial charge in [0.15, 0.2) is 0 Å². The first-order chi connectivity index (χ1) is 7.40. The minimum atomic E-state index is -1.04. The number of carboxylic acid groups (broad SMARTS) is 1. The summed E-state index contributed by atoms with van der Waals surface area (Å²) >= 11 is 3.37. The van der Waals surface area contributed by atoms with Crippen molar-refractivity contribution in [1.82, 2.24) is 0 Å². The van der Waals surface area contributed by atoms with Gasteiger partial charge in [-0.15, -0.1) is 0 Å². The lowest BCUT2D eigenvalue weighted by Crippen LogP contribution is -2.23. The van der Waals surface area contributed by atoms with Crippen molar-refractivity contribution >= 4 is 21.9 Å². The highest BCUT2D eigenvalue weighted by Gasteiger charge is 2.21. The maximum absolute atomic E-state index is 10.9. The lowest BCUT2D eigenvalue weighted by molar-refractivity contribution is -0.138. The maximum atomic E-state index is 10.9. The van der Waals surface area contributed by atoms with Crippen molar-refractivity contribution < 1.29 is 14.6 Å². The number of benzene rings is 1. The monoisotopic (exact) mass is 287 g/mol. The fourth-order valence-corrected chi connectivity index (χ4v) is 2.18. The zero-order valence-corrected chi connectivity index (χ0v) is 11.0. The molecule has 0 saturated carbocycles. The summed E-state index contributed by atoms with van der Waals surface area (Å²) in [5.41, 5.74) is 7.87. The molecule has 1 aromatic rings. The maximum Gasteiger partial charge on any atom is 0.325 e. The first kappa shape index (κ1) is 13.0. The fraction of sp³-hybridized carbons (Fsp3) is 0.364. The van der Waals surface area contributed by atoms with Crippen molar-refractivity contribution in [2.24, 2.45) is 5.73 Å². The highest BCUT2D eigenvalue weighted by Crippen LogP contribution is 2.35. The molecule has 1 atom stereocenters. The Balaban J connectivity index is 3.41. The highest BCUT2D eigenvalue weighted by molar-refractivity contribution is 9.10. The van der Waals surface area contributed by atoms with Gasteiger partial charge in [-0.25, -0.2) is 0 Å². The van der Waals surface area contributed by atoms with E-state index in [1.54, 1.807) is 13.2 Å². The summed E-state index contributed by atoms with van der Waals surface area (Å²) in [6.45, 7) is 3.64. The van der Waals surface area contributed by atoms with Gasteiger partial charge in [-0.2, -0.15) is 0 Å². The van der Waals surface area contributed by atoms with E-state index in [4.69, 9.17) is 15.6 Å². The largest absolute Gasteiger partial charge is 0.496 e. The Morgan fingerprint density at radius 1 is 1.56 bits per heavy atom. The molecule has 4 nitrogen and oxygen atoms in total. The average Bonchev–Trinajstić information content (AvgIpc) is 2.23. The van der Waals surface area contributed by atoms with Gasteiger partial charge in [0.25, 0.3) is 0 Å². The molecule has 3 N–H and O–H groups in total. The lowest BCUT2D eigenvalue weighted by Gasteiger charge is -2.17. The van der Waals surface area contributed by atoms with Gasteiger partial charge in [0.1, 0.15) is 11.8 Å². The van der Waals surface area contributed by atoms with E-state index >= 15 is 0 Å². The minimum Gasteiger partial charge on any atom is -0.496 e. The summed E-state index contributed by atoms with van der Waals surface area (Å²) in [5.74, 6) is -0.361. The molecule has 0 aliphatic carbocycles. The number of nitrogens with two attached hydrogens (primary N) is 1. The Morgan fingerprint density at radius 2 is 2.12 bits per heavy atom. The van der Waals surface area contributed by atoms with Crippen molar-refractivity contribution in [2.75, 3.05) is 7.11 Å². The summed E-state index contributed by atoms with van der Waals surface area (Å²) in [7, 11) is 1.57. The molecule has 0 heterocycles. The number of carboxylic acids is 1. The molecule has 0 saturated heterocycles. The summed E-state index contributed by atoms with van der Waals surface area (Å²) in [4.78, 5) is 10.9. The second-order valence-electron chi connectivity index (χ2n) is 3.56. The minimum absolute atomic E-state index is 0.625. The van der Waals surface area contributed by atoms with Gasteiger partial charge in [-0.3, -0.25) is 4.79 Å². The number of aryl methyl sites for hydroxylation is 1. The van der Waals surface area contributed by atoms with Gasteiger partial charge in [-0.05, 0) is 52.5 Å². The smallest absolute Gasteiger partial charge is 0.325 e. The number of hydrogen-bond donors (Lipinski definition) is 2. The van der Waals surface area contributed by atoms with Crippen LogP contribution < -0.4 is 10.5 Å². The molecule has 0 radical (unpaired) electrons. The van der Waals surface area contributed by atoms with E-state index in [1.807, 2.05) is 13.8 Å². The Labute approximate surface area is 103 Å². The number of methoxy groups -OCH3 is 1. The first-order valence-corrected chi connectivity index (χ1v) is 5.51. The van der Waals surface area contributed by atoms with E-state index in [-0.39, 0.29) is 0 Å². The Bertz CT molecular complexity index is 432. The molecule has 0 aliphatic rings. The van der Waals surface area contributed by atoms with E-state index in [2.05, 4.69) is 15.9 Å². The summed E-state index contributed by atoms with van der Waals surface area (Å²) in [5, 5.41) is 8.93. The predicted octanol–water partition coefficient (Wildman–Crippen LogP) is 2.16. The van der Waals surface area contributed by atoms with Gasteiger partial charge in [0, 0.05) is 0 Å². The van der Waals surface area contributed by atoms with Crippen LogP contribution in [0.1, 0.15) is 22.7 Å². The number of carbonyl (C=O) groups is 1. The normalized spacial score (nSPS) is 12.3. The van der Waals surface area contributed by atoms with E-state index in [9.17, 15) is 4.79 Å². The molecule has 16 heavy (non-hydrogen) atoms. The van der Waals surface area contributed by atoms with E-state index in [0.29, 0.717) is 11.3 Å². The number of hydrogen-bond acceptors (Lipinski definition) is 3. The van der Waals surface area contributed by atoms with Crippen LogP contribution in [0.2, 0.25) is 0 Å². The summed E-state index contributed by atoms with van der Waals surface area (Å²) < 4.78 is 5.91. The van der Waals surface area contributed by atoms with Crippen LogP contribution in [0, 0.1) is 13.8 Å². The summed E-state index contributed by atoms with van der Waals surface area (Å²) in [6, 6.07) is 0.761. The molecule has 0 amide bonds. The van der Waals surface area contributed by atoms with Gasteiger partial charge in [0.05, 0.1) is 11.6 Å². The second kappa shape index (κ2) is 4.84. The number of ether oxygens (including phenoxy) is 1. The van der Waals surface area contributed by atoms with Crippen LogP contribution in [0.3, 0.4) is 0 Å². The Morgan fingerprint density at radius 3 is 2.56 bits per heavy atom. The topological polar surface area (TPSA) is 72.5 Å². The van der Waals surface area contributed by atoms with Gasteiger partial charge < -0.3 is 15.6 Å². The zero-order chi connectivity index (χ0) is 12.5. The van der Waals surface area contributed by atoms with Gasteiger partial charge in [-0.1, -0.05) is 0 Å². The van der Waals surface area contributed by atoms with Gasteiger partial charge in [0.2, 0.25) is 0 Å². The summed E-state index contributed by atoms with van der Waals surface area (Å²) in [6.07, 6.45) is 0. The number of rotatable bonds is 3. The molecule has 88 valence electrons. The SMILES string of the molecule is COc1cc(C)c(C(N)C(=O)O)c(C)c1Br. The molecule has 0 aromatic heterocycles. The van der Waals surface area contributed by atoms with Crippen LogP contribution in [0.15, 0.2) is 10.5 Å². The lowest BCUT2D eigenvalue weighted by atomic mass is 9.96. The first-order valence-electron chi connectivity index (χ1n) is 4.72. The highest BCUT2D eigenvalue weighted by atomic mass is 79.9. The van der Waals surface area contributed by atoms with E-state index in [0.717, 1.165) is 15.6 Å². The van der Waals surface area contributed by atoms with Crippen LogP contribution >= 0.6 is 15.9 Å². The zero-order valence-electron chi connectivity index (χ0n) is 9.37. The van der Waals surface area contributed by atoms with Crippen molar-refractivity contribution in [2.45, 2.75) is 19.9 Å². The third-order valence-corrected chi connectivity index (χ3v) is 3.50. The average molecular weight is 288 g/mol. The van der Waals surface area contributed by atoms with Crippen LogP contribution in [0.25, 0.3) is 0 Å². The molecule has 0 spiro atoms. The quantitative estimate of drug-likeness (QED) is 0.894. The standard InChI is InChI=1S/C11H14BrNO3/c1-5-4-7(16-3)9(12)6(2)8(5)10(13)11(14)15/h4,10H,13H2,1-3H3,(H,14,15). The Hall–Kier alpha value is -1.07. The molecule has 0 fully saturated rings. The van der Waals surface area contributed by atoms with Crippen LogP contribution in [-0.4, -0.2) is 18.2 Å². The number of aliphatic carboxylic acids is 1. The molecule has 0 aliphatic heterocycles. The Kier molecular flexibility index (Phi) is 3.93. The van der Waals surface area contributed by atoms with Crippen LogP contribution in [0.4, 0.5) is 0 Å². The van der Waals surface area contributed by atoms with Crippen molar-refractivity contribution in [1.29, 1.82) is 0 Å². The van der Waals surface area contributed by atoms with Crippen molar-refractivity contribution in [3.8, 4) is 5.75 Å². The molecule has 1 rings (SSSR count). The van der Waals surface area contributed by atoms with E-state index < -0.39 is 12.0 Å². The molecular weight excluding hydrogens is 274 g/mol. The van der Waals surface area contributed by atoms with Crippen LogP contribution in [-0.2, 0) is 4.79 Å².